The van der Waals surface area contributed by atoms with Gasteiger partial charge < -0.3 is 10.6 Å². The maximum atomic E-state index is 5.66. The van der Waals surface area contributed by atoms with Crippen LogP contribution in [0.2, 0.25) is 0 Å². The van der Waals surface area contributed by atoms with Crippen LogP contribution in [-0.2, 0) is 0 Å². The molecule has 1 aliphatic heterocycles. The third-order valence-electron chi connectivity index (χ3n) is 3.55. The van der Waals surface area contributed by atoms with Gasteiger partial charge in [-0.1, -0.05) is 6.42 Å². The van der Waals surface area contributed by atoms with Crippen molar-refractivity contribution < 1.29 is 0 Å². The summed E-state index contributed by atoms with van der Waals surface area (Å²) in [5, 5.41) is 0. The fraction of sp³-hybridized carbons (Fsp3) is 1.00. The van der Waals surface area contributed by atoms with Gasteiger partial charge in [-0.2, -0.15) is 0 Å². The lowest BCUT2D eigenvalue weighted by molar-refractivity contribution is 0.106. The van der Waals surface area contributed by atoms with Crippen molar-refractivity contribution in [1.82, 2.24) is 9.80 Å². The molecule has 3 heteroatoms. The Labute approximate surface area is 94.6 Å². The summed E-state index contributed by atoms with van der Waals surface area (Å²) >= 11 is 0. The van der Waals surface area contributed by atoms with Crippen molar-refractivity contribution in [3.05, 3.63) is 0 Å². The second-order valence-electron chi connectivity index (χ2n) is 5.01. The molecule has 0 aromatic heterocycles. The highest BCUT2D eigenvalue weighted by molar-refractivity contribution is 4.80. The van der Waals surface area contributed by atoms with Crippen LogP contribution in [-0.4, -0.2) is 55.1 Å². The monoisotopic (exact) mass is 213 g/mol. The molecule has 0 saturated carbocycles. The van der Waals surface area contributed by atoms with Gasteiger partial charge in [0.2, 0.25) is 0 Å². The van der Waals surface area contributed by atoms with E-state index in [4.69, 9.17) is 5.73 Å². The average molecular weight is 213 g/mol. The number of rotatable bonds is 5. The maximum Gasteiger partial charge on any atom is 0.0223 e. The van der Waals surface area contributed by atoms with Gasteiger partial charge in [-0.05, 0) is 40.3 Å². The second-order valence-corrected chi connectivity index (χ2v) is 5.01. The fourth-order valence-electron chi connectivity index (χ4n) is 2.27. The summed E-state index contributed by atoms with van der Waals surface area (Å²) in [6.45, 7) is 8.82. The topological polar surface area (TPSA) is 32.5 Å². The third-order valence-corrected chi connectivity index (χ3v) is 3.55. The minimum Gasteiger partial charge on any atom is -0.329 e. The van der Waals surface area contributed by atoms with Crippen molar-refractivity contribution in [3.63, 3.8) is 0 Å². The summed E-state index contributed by atoms with van der Waals surface area (Å²) in [7, 11) is 2.22. The molecule has 1 heterocycles. The Balaban J connectivity index is 2.41. The molecule has 0 aromatic rings. The first-order valence-electron chi connectivity index (χ1n) is 6.29. The molecule has 0 bridgehead atoms. The number of hydrogen-bond donors (Lipinski definition) is 1. The predicted octanol–water partition coefficient (Wildman–Crippen LogP) is 1.14. The molecule has 0 unspecified atom stereocenters. The summed E-state index contributed by atoms with van der Waals surface area (Å²) in [5.74, 6) is 0. The summed E-state index contributed by atoms with van der Waals surface area (Å²) in [5.41, 5.74) is 5.66. The van der Waals surface area contributed by atoms with Gasteiger partial charge in [0.15, 0.2) is 0 Å². The van der Waals surface area contributed by atoms with Gasteiger partial charge in [-0.3, -0.25) is 4.90 Å². The fourth-order valence-corrected chi connectivity index (χ4v) is 2.27. The molecule has 0 radical (unpaired) electrons. The molecular weight excluding hydrogens is 186 g/mol. The Morgan fingerprint density at radius 3 is 2.73 bits per heavy atom. The van der Waals surface area contributed by atoms with Crippen LogP contribution in [0.3, 0.4) is 0 Å². The number of likely N-dealkylation sites (N-methyl/N-ethyl adjacent to an activating group) is 1. The van der Waals surface area contributed by atoms with E-state index in [1.165, 1.54) is 32.4 Å². The van der Waals surface area contributed by atoms with Crippen LogP contribution in [0.4, 0.5) is 0 Å². The molecule has 90 valence electrons. The zero-order chi connectivity index (χ0) is 11.3. The molecule has 1 saturated heterocycles. The first kappa shape index (κ1) is 12.9. The van der Waals surface area contributed by atoms with E-state index in [9.17, 15) is 0 Å². The Bertz CT molecular complexity index is 168. The predicted molar refractivity (Wildman–Crippen MR) is 66.0 cm³/mol. The van der Waals surface area contributed by atoms with Crippen LogP contribution >= 0.6 is 0 Å². The van der Waals surface area contributed by atoms with E-state index < -0.39 is 0 Å². The Kier molecular flexibility index (Phi) is 5.58. The normalized spacial score (nSPS) is 24.0. The van der Waals surface area contributed by atoms with Crippen molar-refractivity contribution in [2.45, 2.75) is 45.2 Å². The Hall–Kier alpha value is -0.120. The van der Waals surface area contributed by atoms with Gasteiger partial charge >= 0.3 is 0 Å². The lowest BCUT2D eigenvalue weighted by Gasteiger charge is -2.38. The number of nitrogens with two attached hydrogens (primary N) is 1. The van der Waals surface area contributed by atoms with Gasteiger partial charge in [0.25, 0.3) is 0 Å². The van der Waals surface area contributed by atoms with Gasteiger partial charge in [-0.25, -0.2) is 0 Å². The summed E-state index contributed by atoms with van der Waals surface area (Å²) < 4.78 is 0. The van der Waals surface area contributed by atoms with Gasteiger partial charge in [0.05, 0.1) is 0 Å². The molecule has 0 aromatic carbocycles. The van der Waals surface area contributed by atoms with Crippen molar-refractivity contribution in [2.24, 2.45) is 5.73 Å². The van der Waals surface area contributed by atoms with Gasteiger partial charge in [0, 0.05) is 31.7 Å². The molecule has 0 amide bonds. The van der Waals surface area contributed by atoms with Crippen LogP contribution in [0.25, 0.3) is 0 Å². The van der Waals surface area contributed by atoms with Crippen LogP contribution in [0, 0.1) is 0 Å². The first-order valence-corrected chi connectivity index (χ1v) is 6.29. The number of hydrogen-bond acceptors (Lipinski definition) is 3. The molecule has 0 aliphatic carbocycles. The number of nitrogens with zero attached hydrogens (tertiary/aromatic N) is 2. The third kappa shape index (κ3) is 4.09. The molecular formula is C12H27N3. The summed E-state index contributed by atoms with van der Waals surface area (Å²) in [4.78, 5) is 5.02. The highest BCUT2D eigenvalue weighted by Gasteiger charge is 2.23. The Morgan fingerprint density at radius 2 is 2.13 bits per heavy atom. The van der Waals surface area contributed by atoms with Crippen molar-refractivity contribution in [3.8, 4) is 0 Å². The Morgan fingerprint density at radius 1 is 1.40 bits per heavy atom. The smallest absolute Gasteiger partial charge is 0.0223 e. The van der Waals surface area contributed by atoms with Crippen LogP contribution in [0.5, 0.6) is 0 Å². The molecule has 0 spiro atoms. The van der Waals surface area contributed by atoms with E-state index >= 15 is 0 Å². The summed E-state index contributed by atoms with van der Waals surface area (Å²) in [6, 6.07) is 1.38. The van der Waals surface area contributed by atoms with Gasteiger partial charge in [-0.15, -0.1) is 0 Å². The lowest BCUT2D eigenvalue weighted by Crippen LogP contribution is -2.48. The number of likely N-dealkylation sites (tertiary alicyclic amines) is 1. The first-order chi connectivity index (χ1) is 7.15. The van der Waals surface area contributed by atoms with Gasteiger partial charge in [0.1, 0.15) is 0 Å². The molecule has 15 heavy (non-hydrogen) atoms. The average Bonchev–Trinajstić information content (AvgIpc) is 2.21. The van der Waals surface area contributed by atoms with E-state index in [0.717, 1.165) is 19.1 Å². The zero-order valence-corrected chi connectivity index (χ0v) is 10.6. The minimum absolute atomic E-state index is 0.645. The van der Waals surface area contributed by atoms with Crippen LogP contribution in [0.1, 0.15) is 33.1 Å². The minimum atomic E-state index is 0.645. The quantitative estimate of drug-likeness (QED) is 0.743. The zero-order valence-electron chi connectivity index (χ0n) is 10.6. The van der Waals surface area contributed by atoms with Crippen molar-refractivity contribution in [1.29, 1.82) is 0 Å². The second kappa shape index (κ2) is 6.46. The van der Waals surface area contributed by atoms with Crippen molar-refractivity contribution >= 4 is 0 Å². The van der Waals surface area contributed by atoms with Crippen LogP contribution < -0.4 is 5.73 Å². The molecule has 1 atom stereocenters. The molecule has 1 rings (SSSR count). The van der Waals surface area contributed by atoms with E-state index in [2.05, 4.69) is 30.7 Å². The standard InChI is InChI=1S/C12H27N3/c1-11(2)14(3)10-12-6-4-5-8-15(12)9-7-13/h11-12H,4-10,13H2,1-3H3/t12-/m0/s1. The maximum absolute atomic E-state index is 5.66. The van der Waals surface area contributed by atoms with Crippen molar-refractivity contribution in [2.75, 3.05) is 33.2 Å². The summed E-state index contributed by atoms with van der Waals surface area (Å²) in [6.07, 6.45) is 4.08. The van der Waals surface area contributed by atoms with Crippen LogP contribution in [0.15, 0.2) is 0 Å². The molecule has 1 fully saturated rings. The SMILES string of the molecule is CC(C)N(C)C[C@@H]1CCCCN1CCN. The molecule has 1 aliphatic rings. The van der Waals surface area contributed by atoms with E-state index in [0.29, 0.717) is 6.04 Å². The number of piperidine rings is 1. The van der Waals surface area contributed by atoms with E-state index in [1.54, 1.807) is 0 Å². The molecule has 3 nitrogen and oxygen atoms in total. The molecule has 2 N–H and O–H groups in total. The van der Waals surface area contributed by atoms with E-state index in [-0.39, 0.29) is 0 Å². The highest BCUT2D eigenvalue weighted by atomic mass is 15.2. The van der Waals surface area contributed by atoms with E-state index in [1.807, 2.05) is 0 Å². The highest BCUT2D eigenvalue weighted by Crippen LogP contribution is 2.17. The lowest BCUT2D eigenvalue weighted by atomic mass is 10.0. The largest absolute Gasteiger partial charge is 0.329 e.